The lowest BCUT2D eigenvalue weighted by Crippen LogP contribution is -2.32. The zero-order chi connectivity index (χ0) is 24.5. The van der Waals surface area contributed by atoms with E-state index in [0.717, 1.165) is 39.3 Å². The van der Waals surface area contributed by atoms with Crippen molar-refractivity contribution in [2.75, 3.05) is 17.2 Å². The summed E-state index contributed by atoms with van der Waals surface area (Å²) in [4.78, 5) is 15.0. The van der Waals surface area contributed by atoms with Crippen LogP contribution in [0.2, 0.25) is 0 Å². The van der Waals surface area contributed by atoms with Crippen molar-refractivity contribution in [3.8, 4) is 17.2 Å². The maximum atomic E-state index is 13.2. The molecule has 0 aliphatic carbocycles. The lowest BCUT2D eigenvalue weighted by molar-refractivity contribution is -0.116. The number of hydrogen-bond donors (Lipinski definition) is 0. The Morgan fingerprint density at radius 2 is 1.89 bits per heavy atom. The Bertz CT molecular complexity index is 1510. The molecule has 0 saturated heterocycles. The minimum Gasteiger partial charge on any atom is -0.463 e. The van der Waals surface area contributed by atoms with E-state index in [4.69, 9.17) is 4.42 Å². The molecular formula is C27H27N5O2S. The highest BCUT2D eigenvalue weighted by molar-refractivity contribution is 7.99. The number of carbonyl (C=O) groups is 1. The van der Waals surface area contributed by atoms with Gasteiger partial charge in [-0.25, -0.2) is 0 Å². The SMILES string of the molecule is CCN(C(=O)CSc1nnc(-c2cc3occc3n2C)n1-c1ccccc1C)c1cccc(C)c1. The highest BCUT2D eigenvalue weighted by Gasteiger charge is 2.23. The number of aryl methyl sites for hydroxylation is 3. The summed E-state index contributed by atoms with van der Waals surface area (Å²) in [6.07, 6.45) is 1.68. The number of hydrogen-bond acceptors (Lipinski definition) is 5. The molecule has 0 radical (unpaired) electrons. The molecule has 0 spiro atoms. The first-order valence-corrected chi connectivity index (χ1v) is 12.5. The fraction of sp³-hybridized carbons (Fsp3) is 0.222. The van der Waals surface area contributed by atoms with E-state index >= 15 is 0 Å². The lowest BCUT2D eigenvalue weighted by Gasteiger charge is -2.21. The molecule has 2 aromatic carbocycles. The normalized spacial score (nSPS) is 11.3. The number of amides is 1. The quantitative estimate of drug-likeness (QED) is 0.273. The van der Waals surface area contributed by atoms with E-state index in [1.165, 1.54) is 11.8 Å². The number of anilines is 1. The van der Waals surface area contributed by atoms with E-state index in [1.54, 1.807) is 11.2 Å². The zero-order valence-electron chi connectivity index (χ0n) is 20.2. The summed E-state index contributed by atoms with van der Waals surface area (Å²) in [7, 11) is 1.99. The molecule has 5 rings (SSSR count). The van der Waals surface area contributed by atoms with Crippen molar-refractivity contribution in [2.45, 2.75) is 25.9 Å². The molecule has 0 atom stereocenters. The number of carbonyl (C=O) groups excluding carboxylic acids is 1. The van der Waals surface area contributed by atoms with Gasteiger partial charge >= 0.3 is 0 Å². The summed E-state index contributed by atoms with van der Waals surface area (Å²) in [6.45, 7) is 6.68. The lowest BCUT2D eigenvalue weighted by atomic mass is 10.2. The number of para-hydroxylation sites is 1. The molecule has 0 N–H and O–H groups in total. The molecule has 0 aliphatic rings. The average molecular weight is 486 g/mol. The van der Waals surface area contributed by atoms with E-state index in [1.807, 2.05) is 84.6 Å². The van der Waals surface area contributed by atoms with Crippen molar-refractivity contribution < 1.29 is 9.21 Å². The summed E-state index contributed by atoms with van der Waals surface area (Å²) < 4.78 is 9.69. The van der Waals surface area contributed by atoms with Gasteiger partial charge in [-0.2, -0.15) is 0 Å². The monoisotopic (exact) mass is 485 g/mol. The molecular weight excluding hydrogens is 458 g/mol. The number of nitrogens with zero attached hydrogens (tertiary/aromatic N) is 5. The van der Waals surface area contributed by atoms with Gasteiger partial charge in [0.25, 0.3) is 0 Å². The number of thioether (sulfide) groups is 1. The molecule has 0 bridgehead atoms. The molecule has 0 aliphatic heterocycles. The molecule has 178 valence electrons. The van der Waals surface area contributed by atoms with Crippen LogP contribution in [0.1, 0.15) is 18.1 Å². The van der Waals surface area contributed by atoms with Gasteiger partial charge in [-0.1, -0.05) is 42.1 Å². The van der Waals surface area contributed by atoms with Gasteiger partial charge in [0.2, 0.25) is 5.91 Å². The van der Waals surface area contributed by atoms with Crippen LogP contribution in [0.15, 0.2) is 76.5 Å². The van der Waals surface area contributed by atoms with Crippen molar-refractivity contribution in [1.82, 2.24) is 19.3 Å². The Balaban J connectivity index is 1.51. The number of rotatable bonds is 7. The third kappa shape index (κ3) is 4.25. The molecule has 7 nitrogen and oxygen atoms in total. The van der Waals surface area contributed by atoms with Crippen molar-refractivity contribution in [1.29, 1.82) is 0 Å². The van der Waals surface area contributed by atoms with Crippen LogP contribution >= 0.6 is 11.8 Å². The van der Waals surface area contributed by atoms with Crippen molar-refractivity contribution in [3.05, 3.63) is 78.1 Å². The molecule has 3 aromatic heterocycles. The molecule has 0 fully saturated rings. The van der Waals surface area contributed by atoms with Gasteiger partial charge in [0.05, 0.1) is 28.9 Å². The van der Waals surface area contributed by atoms with Gasteiger partial charge < -0.3 is 13.9 Å². The van der Waals surface area contributed by atoms with Gasteiger partial charge in [0.15, 0.2) is 16.6 Å². The average Bonchev–Trinajstić information content (AvgIpc) is 3.55. The smallest absolute Gasteiger partial charge is 0.237 e. The second-order valence-electron chi connectivity index (χ2n) is 8.45. The number of furan rings is 1. The summed E-state index contributed by atoms with van der Waals surface area (Å²) >= 11 is 1.40. The largest absolute Gasteiger partial charge is 0.463 e. The third-order valence-corrected chi connectivity index (χ3v) is 7.05. The van der Waals surface area contributed by atoms with Crippen LogP contribution in [0, 0.1) is 13.8 Å². The van der Waals surface area contributed by atoms with Crippen molar-refractivity contribution in [3.63, 3.8) is 0 Å². The van der Waals surface area contributed by atoms with Crippen LogP contribution in [0.5, 0.6) is 0 Å². The molecule has 0 saturated carbocycles. The summed E-state index contributed by atoms with van der Waals surface area (Å²) in [5, 5.41) is 9.74. The predicted molar refractivity (Wildman–Crippen MR) is 140 cm³/mol. The van der Waals surface area contributed by atoms with Gasteiger partial charge in [-0.05, 0) is 50.1 Å². The number of fused-ring (bicyclic) bond motifs is 1. The molecule has 1 amide bonds. The first kappa shape index (κ1) is 23.0. The second-order valence-corrected chi connectivity index (χ2v) is 9.39. The number of benzene rings is 2. The highest BCUT2D eigenvalue weighted by atomic mass is 32.2. The standard InChI is InChI=1S/C27H27N5O2S/c1-5-31(20-11-8-9-18(2)15-20)25(33)17-35-27-29-28-26(32(27)21-12-7-6-10-19(21)3)23-16-24-22(30(23)4)13-14-34-24/h6-16H,5,17H2,1-4H3. The van der Waals surface area contributed by atoms with Gasteiger partial charge in [0.1, 0.15) is 0 Å². The molecule has 35 heavy (non-hydrogen) atoms. The Morgan fingerprint density at radius 1 is 1.06 bits per heavy atom. The fourth-order valence-corrected chi connectivity index (χ4v) is 5.15. The van der Waals surface area contributed by atoms with Crippen LogP contribution < -0.4 is 4.90 Å². The molecule has 0 unspecified atom stereocenters. The highest BCUT2D eigenvalue weighted by Crippen LogP contribution is 2.33. The van der Waals surface area contributed by atoms with E-state index in [2.05, 4.69) is 23.2 Å². The van der Waals surface area contributed by atoms with Gasteiger partial charge in [-0.3, -0.25) is 9.36 Å². The molecule has 8 heteroatoms. The summed E-state index contributed by atoms with van der Waals surface area (Å²) in [6, 6.07) is 20.0. The van der Waals surface area contributed by atoms with Crippen molar-refractivity contribution in [2.24, 2.45) is 7.05 Å². The van der Waals surface area contributed by atoms with E-state index in [0.29, 0.717) is 17.5 Å². The topological polar surface area (TPSA) is 69.1 Å². The van der Waals surface area contributed by atoms with Gasteiger partial charge in [0, 0.05) is 31.4 Å². The van der Waals surface area contributed by atoms with Gasteiger partial charge in [-0.15, -0.1) is 10.2 Å². The van der Waals surface area contributed by atoms with Crippen molar-refractivity contribution >= 4 is 34.5 Å². The Labute approximate surface area is 208 Å². The van der Waals surface area contributed by atoms with Crippen LogP contribution in [0.3, 0.4) is 0 Å². The predicted octanol–water partition coefficient (Wildman–Crippen LogP) is 5.78. The van der Waals surface area contributed by atoms with Crippen LogP contribution in [-0.4, -0.2) is 37.5 Å². The number of aromatic nitrogens is 4. The summed E-state index contributed by atoms with van der Waals surface area (Å²) in [5.74, 6) is 0.982. The second kappa shape index (κ2) is 9.46. The minimum atomic E-state index is 0.0281. The van der Waals surface area contributed by atoms with Crippen LogP contribution in [-0.2, 0) is 11.8 Å². The minimum absolute atomic E-state index is 0.0281. The van der Waals surface area contributed by atoms with E-state index in [-0.39, 0.29) is 11.7 Å². The van der Waals surface area contributed by atoms with Crippen LogP contribution in [0.25, 0.3) is 28.3 Å². The van der Waals surface area contributed by atoms with E-state index < -0.39 is 0 Å². The zero-order valence-corrected chi connectivity index (χ0v) is 21.0. The Hall–Kier alpha value is -3.78. The van der Waals surface area contributed by atoms with E-state index in [9.17, 15) is 4.79 Å². The third-order valence-electron chi connectivity index (χ3n) is 6.14. The first-order chi connectivity index (χ1) is 17.0. The first-order valence-electron chi connectivity index (χ1n) is 11.5. The fourth-order valence-electron chi connectivity index (χ4n) is 4.33. The Kier molecular flexibility index (Phi) is 6.21. The Morgan fingerprint density at radius 3 is 2.63 bits per heavy atom. The summed E-state index contributed by atoms with van der Waals surface area (Å²) in [5.41, 5.74) is 6.77. The molecule has 3 heterocycles. The maximum absolute atomic E-state index is 13.2. The molecule has 5 aromatic rings. The van der Waals surface area contributed by atoms with Crippen LogP contribution in [0.4, 0.5) is 5.69 Å². The maximum Gasteiger partial charge on any atom is 0.237 e.